The zero-order valence-electron chi connectivity index (χ0n) is 18.7. The molecule has 1 N–H and O–H groups in total. The van der Waals surface area contributed by atoms with Gasteiger partial charge in [-0.1, -0.05) is 25.1 Å². The van der Waals surface area contributed by atoms with Crippen LogP contribution < -0.4 is 11.2 Å². The van der Waals surface area contributed by atoms with E-state index >= 15 is 0 Å². The van der Waals surface area contributed by atoms with E-state index in [1.807, 2.05) is 39.0 Å². The molecule has 0 spiro atoms. The number of carbonyl (C=O) groups excluding carboxylic acids is 2. The van der Waals surface area contributed by atoms with Crippen LogP contribution in [-0.4, -0.2) is 33.5 Å². The molecule has 170 valence electrons. The van der Waals surface area contributed by atoms with Gasteiger partial charge in [0, 0.05) is 31.5 Å². The molecule has 2 aromatic rings. The lowest BCUT2D eigenvalue weighted by Crippen LogP contribution is -2.34. The van der Waals surface area contributed by atoms with Gasteiger partial charge in [-0.3, -0.25) is 23.9 Å². The lowest BCUT2D eigenvalue weighted by molar-refractivity contribution is -0.147. The fourth-order valence-electron chi connectivity index (χ4n) is 3.89. The molecule has 1 aromatic carbocycles. The summed E-state index contributed by atoms with van der Waals surface area (Å²) in [5, 5.41) is 0. The van der Waals surface area contributed by atoms with Crippen molar-refractivity contribution in [2.45, 2.75) is 65.4 Å². The second-order valence-electron chi connectivity index (χ2n) is 7.99. The van der Waals surface area contributed by atoms with E-state index in [-0.39, 0.29) is 18.6 Å². The van der Waals surface area contributed by atoms with Gasteiger partial charge in [0.05, 0.1) is 0 Å². The third kappa shape index (κ3) is 5.31. The smallest absolute Gasteiger partial charge is 0.330 e. The van der Waals surface area contributed by atoms with Gasteiger partial charge in [0.2, 0.25) is 0 Å². The Labute approximate surface area is 185 Å². The third-order valence-electron chi connectivity index (χ3n) is 5.63. The number of nitrogens with one attached hydrogen (secondary N) is 1. The largest absolute Gasteiger partial charge is 0.459 e. The molecule has 0 saturated carbocycles. The molecule has 0 bridgehead atoms. The Hall–Kier alpha value is -3.26. The summed E-state index contributed by atoms with van der Waals surface area (Å²) in [6.45, 7) is 7.03. The summed E-state index contributed by atoms with van der Waals surface area (Å²) in [5.74, 6) is -0.590. The van der Waals surface area contributed by atoms with Crippen LogP contribution in [0.1, 0.15) is 48.8 Å². The van der Waals surface area contributed by atoms with Crippen LogP contribution in [0.4, 0.5) is 0 Å². The number of aromatic nitrogens is 2. The van der Waals surface area contributed by atoms with Crippen molar-refractivity contribution in [3.05, 3.63) is 79.6 Å². The van der Waals surface area contributed by atoms with Crippen molar-refractivity contribution < 1.29 is 19.1 Å². The van der Waals surface area contributed by atoms with Gasteiger partial charge < -0.3 is 9.47 Å². The summed E-state index contributed by atoms with van der Waals surface area (Å²) in [6.07, 6.45) is 3.29. The van der Waals surface area contributed by atoms with E-state index in [9.17, 15) is 19.2 Å². The van der Waals surface area contributed by atoms with Crippen molar-refractivity contribution in [2.24, 2.45) is 0 Å². The Bertz CT molecular complexity index is 1140. The van der Waals surface area contributed by atoms with Crippen molar-refractivity contribution in [1.29, 1.82) is 0 Å². The Morgan fingerprint density at radius 2 is 1.94 bits per heavy atom. The predicted octanol–water partition coefficient (Wildman–Crippen LogP) is 2.30. The van der Waals surface area contributed by atoms with Crippen LogP contribution in [0.3, 0.4) is 0 Å². The first-order chi connectivity index (χ1) is 15.2. The number of allylic oxidation sites excluding steroid dienone is 1. The van der Waals surface area contributed by atoms with Gasteiger partial charge in [-0.2, -0.15) is 0 Å². The van der Waals surface area contributed by atoms with Crippen molar-refractivity contribution in [1.82, 2.24) is 9.55 Å². The molecule has 0 aliphatic carbocycles. The van der Waals surface area contributed by atoms with Crippen LogP contribution in [-0.2, 0) is 31.9 Å². The Morgan fingerprint density at radius 3 is 2.56 bits per heavy atom. The average molecular weight is 440 g/mol. The SMILES string of the molecule is CCc1cn([C@@H]2CC(OC(C)=O)[C@H](/C=C/C(=O)Cc3c(C)cccc3C)O2)c(=O)[nH]c1=O. The maximum Gasteiger partial charge on any atom is 0.330 e. The molecule has 1 aliphatic heterocycles. The summed E-state index contributed by atoms with van der Waals surface area (Å²) >= 11 is 0. The van der Waals surface area contributed by atoms with Gasteiger partial charge in [-0.05, 0) is 49.1 Å². The molecule has 0 amide bonds. The molecular weight excluding hydrogens is 412 g/mol. The summed E-state index contributed by atoms with van der Waals surface area (Å²) < 4.78 is 12.6. The number of aromatic amines is 1. The first-order valence-corrected chi connectivity index (χ1v) is 10.6. The first kappa shape index (κ1) is 23.4. The summed E-state index contributed by atoms with van der Waals surface area (Å²) in [5.41, 5.74) is 2.49. The van der Waals surface area contributed by atoms with Crippen LogP contribution in [0.5, 0.6) is 0 Å². The number of hydrogen-bond donors (Lipinski definition) is 1. The number of rotatable bonds is 7. The van der Waals surface area contributed by atoms with Crippen molar-refractivity contribution in [2.75, 3.05) is 0 Å². The number of esters is 1. The minimum Gasteiger partial charge on any atom is -0.459 e. The van der Waals surface area contributed by atoms with Crippen molar-refractivity contribution in [3.8, 4) is 0 Å². The molecule has 8 nitrogen and oxygen atoms in total. The second-order valence-corrected chi connectivity index (χ2v) is 7.99. The molecule has 0 radical (unpaired) electrons. The van der Waals surface area contributed by atoms with E-state index in [0.29, 0.717) is 12.0 Å². The zero-order chi connectivity index (χ0) is 23.4. The molecular formula is C24H28N2O6. The molecule has 1 aromatic heterocycles. The lowest BCUT2D eigenvalue weighted by atomic mass is 9.98. The van der Waals surface area contributed by atoms with Gasteiger partial charge in [-0.25, -0.2) is 4.79 Å². The molecule has 32 heavy (non-hydrogen) atoms. The monoisotopic (exact) mass is 440 g/mol. The van der Waals surface area contributed by atoms with E-state index in [1.165, 1.54) is 23.8 Å². The van der Waals surface area contributed by atoms with Gasteiger partial charge in [-0.15, -0.1) is 0 Å². The minimum atomic E-state index is -0.739. The fraction of sp³-hybridized carbons (Fsp3) is 0.417. The third-order valence-corrected chi connectivity index (χ3v) is 5.63. The topological polar surface area (TPSA) is 107 Å². The maximum absolute atomic E-state index is 12.6. The number of ether oxygens (including phenoxy) is 2. The molecule has 2 heterocycles. The lowest BCUT2D eigenvalue weighted by Gasteiger charge is -2.15. The fourth-order valence-corrected chi connectivity index (χ4v) is 3.89. The Morgan fingerprint density at radius 1 is 1.25 bits per heavy atom. The highest BCUT2D eigenvalue weighted by Crippen LogP contribution is 2.31. The number of aryl methyl sites for hydroxylation is 3. The van der Waals surface area contributed by atoms with Gasteiger partial charge in [0.1, 0.15) is 18.4 Å². The quantitative estimate of drug-likeness (QED) is 0.523. The van der Waals surface area contributed by atoms with Crippen LogP contribution in [0.25, 0.3) is 0 Å². The number of nitrogens with zero attached hydrogens (tertiary/aromatic N) is 1. The summed E-state index contributed by atoms with van der Waals surface area (Å²) in [6, 6.07) is 5.88. The second kappa shape index (κ2) is 9.91. The van der Waals surface area contributed by atoms with E-state index in [1.54, 1.807) is 6.08 Å². The zero-order valence-corrected chi connectivity index (χ0v) is 18.7. The molecule has 1 saturated heterocycles. The van der Waals surface area contributed by atoms with Gasteiger partial charge in [0.15, 0.2) is 5.78 Å². The predicted molar refractivity (Wildman–Crippen MR) is 119 cm³/mol. The molecule has 1 aliphatic rings. The van der Waals surface area contributed by atoms with E-state index < -0.39 is 35.7 Å². The van der Waals surface area contributed by atoms with Crippen LogP contribution in [0.2, 0.25) is 0 Å². The molecule has 8 heteroatoms. The normalized spacial score (nSPS) is 20.6. The van der Waals surface area contributed by atoms with Crippen LogP contribution in [0, 0.1) is 13.8 Å². The minimum absolute atomic E-state index is 0.106. The summed E-state index contributed by atoms with van der Waals surface area (Å²) in [4.78, 5) is 50.6. The molecule has 1 unspecified atom stereocenters. The number of hydrogen-bond acceptors (Lipinski definition) is 6. The molecule has 3 rings (SSSR count). The standard InChI is InChI=1S/C24H28N2O6/c1-5-17-13-26(24(30)25-23(17)29)22-12-21(31-16(4)27)20(32-22)10-9-18(28)11-19-14(2)7-6-8-15(19)3/h6-10,13,20-22H,5,11-12H2,1-4H3,(H,25,29,30)/b10-9+/t20-,21?,22-/m0/s1. The van der Waals surface area contributed by atoms with Crippen LogP contribution in [0.15, 0.2) is 46.1 Å². The Kier molecular flexibility index (Phi) is 7.25. The van der Waals surface area contributed by atoms with E-state index in [2.05, 4.69) is 4.98 Å². The first-order valence-electron chi connectivity index (χ1n) is 10.6. The van der Waals surface area contributed by atoms with Crippen molar-refractivity contribution in [3.63, 3.8) is 0 Å². The number of carbonyl (C=O) groups is 2. The average Bonchev–Trinajstić information content (AvgIpc) is 3.11. The summed E-state index contributed by atoms with van der Waals surface area (Å²) in [7, 11) is 0. The molecule has 3 atom stereocenters. The highest BCUT2D eigenvalue weighted by atomic mass is 16.6. The highest BCUT2D eigenvalue weighted by molar-refractivity contribution is 5.91. The van der Waals surface area contributed by atoms with Gasteiger partial charge >= 0.3 is 11.7 Å². The number of benzene rings is 1. The van der Waals surface area contributed by atoms with E-state index in [4.69, 9.17) is 9.47 Å². The highest BCUT2D eigenvalue weighted by Gasteiger charge is 2.37. The number of H-pyrrole nitrogens is 1. The van der Waals surface area contributed by atoms with Gasteiger partial charge in [0.25, 0.3) is 5.56 Å². The molecule has 1 fully saturated rings. The van der Waals surface area contributed by atoms with Crippen molar-refractivity contribution >= 4 is 11.8 Å². The van der Waals surface area contributed by atoms with E-state index in [0.717, 1.165) is 16.7 Å². The Balaban J connectivity index is 1.80. The number of ketones is 1. The van der Waals surface area contributed by atoms with Crippen LogP contribution >= 0.6 is 0 Å². The maximum atomic E-state index is 12.6.